The average molecular weight is 420 g/mol. The topological polar surface area (TPSA) is 43.9 Å². The predicted octanol–water partition coefficient (Wildman–Crippen LogP) is 3.45. The zero-order valence-corrected chi connectivity index (χ0v) is 18.3. The molecule has 2 bridgehead atoms. The van der Waals surface area contributed by atoms with E-state index in [2.05, 4.69) is 15.9 Å². The summed E-state index contributed by atoms with van der Waals surface area (Å²) < 4.78 is 0. The number of benzene rings is 1. The van der Waals surface area contributed by atoms with E-state index in [9.17, 15) is 9.59 Å². The Morgan fingerprint density at radius 1 is 1.10 bits per heavy atom. The SMILES string of the molecule is O=C1c2ccccc2CN1CCC(=O)N1CCCC2=C[C@H]3CC(CN4CCCCC34)C21. The van der Waals surface area contributed by atoms with E-state index in [1.807, 2.05) is 29.2 Å². The number of rotatable bonds is 3. The largest absolute Gasteiger partial charge is 0.336 e. The summed E-state index contributed by atoms with van der Waals surface area (Å²) in [6, 6.07) is 8.86. The van der Waals surface area contributed by atoms with Gasteiger partial charge in [0.1, 0.15) is 0 Å². The minimum absolute atomic E-state index is 0.0755. The van der Waals surface area contributed by atoms with E-state index in [-0.39, 0.29) is 11.8 Å². The normalized spacial score (nSPS) is 32.3. The third kappa shape index (κ3) is 3.32. The molecule has 5 aliphatic rings. The van der Waals surface area contributed by atoms with E-state index in [4.69, 9.17) is 0 Å². The number of nitrogens with zero attached hydrogens (tertiary/aromatic N) is 3. The Balaban J connectivity index is 1.15. The number of hydrogen-bond acceptors (Lipinski definition) is 3. The van der Waals surface area contributed by atoms with E-state index in [0.717, 1.165) is 43.1 Å². The van der Waals surface area contributed by atoms with Crippen molar-refractivity contribution in [3.05, 3.63) is 47.0 Å². The van der Waals surface area contributed by atoms with E-state index < -0.39 is 0 Å². The lowest BCUT2D eigenvalue weighted by Gasteiger charge is -2.54. The van der Waals surface area contributed by atoms with Crippen LogP contribution < -0.4 is 0 Å². The molecule has 0 N–H and O–H groups in total. The fraction of sp³-hybridized carbons (Fsp3) is 0.615. The molecule has 31 heavy (non-hydrogen) atoms. The molecule has 1 aromatic rings. The number of carbonyl (C=O) groups excluding carboxylic acids is 2. The van der Waals surface area contributed by atoms with Gasteiger partial charge < -0.3 is 9.80 Å². The van der Waals surface area contributed by atoms with Gasteiger partial charge in [0.15, 0.2) is 0 Å². The number of amides is 2. The third-order valence-electron chi connectivity index (χ3n) is 8.47. The van der Waals surface area contributed by atoms with Crippen molar-refractivity contribution in [2.45, 2.75) is 63.6 Å². The molecule has 0 saturated carbocycles. The van der Waals surface area contributed by atoms with Crippen LogP contribution in [0.15, 0.2) is 35.9 Å². The summed E-state index contributed by atoms with van der Waals surface area (Å²) in [7, 11) is 0. The molecule has 0 spiro atoms. The van der Waals surface area contributed by atoms with Gasteiger partial charge in [-0.25, -0.2) is 0 Å². The van der Waals surface area contributed by atoms with Crippen molar-refractivity contribution in [1.29, 1.82) is 0 Å². The van der Waals surface area contributed by atoms with Gasteiger partial charge in [-0.1, -0.05) is 36.3 Å². The Morgan fingerprint density at radius 3 is 2.90 bits per heavy atom. The molecule has 4 aliphatic heterocycles. The molecule has 0 aromatic heterocycles. The van der Waals surface area contributed by atoms with Gasteiger partial charge in [0, 0.05) is 44.2 Å². The Morgan fingerprint density at radius 2 is 2.00 bits per heavy atom. The van der Waals surface area contributed by atoms with Gasteiger partial charge in [-0.3, -0.25) is 14.5 Å². The van der Waals surface area contributed by atoms with Crippen molar-refractivity contribution in [2.24, 2.45) is 11.8 Å². The molecule has 3 saturated heterocycles. The van der Waals surface area contributed by atoms with Crippen molar-refractivity contribution in [3.8, 4) is 0 Å². The predicted molar refractivity (Wildman–Crippen MR) is 119 cm³/mol. The van der Waals surface area contributed by atoms with Crippen molar-refractivity contribution in [3.63, 3.8) is 0 Å². The van der Waals surface area contributed by atoms with Crippen molar-refractivity contribution >= 4 is 11.8 Å². The van der Waals surface area contributed by atoms with Crippen LogP contribution in [0.4, 0.5) is 0 Å². The lowest BCUT2D eigenvalue weighted by molar-refractivity contribution is -0.136. The minimum atomic E-state index is 0.0755. The Kier molecular flexibility index (Phi) is 4.90. The highest BCUT2D eigenvalue weighted by molar-refractivity contribution is 5.98. The maximum Gasteiger partial charge on any atom is 0.254 e. The molecule has 4 atom stereocenters. The summed E-state index contributed by atoms with van der Waals surface area (Å²) >= 11 is 0. The monoisotopic (exact) mass is 419 g/mol. The highest BCUT2D eigenvalue weighted by Crippen LogP contribution is 2.45. The first-order valence-corrected chi connectivity index (χ1v) is 12.3. The molecule has 0 radical (unpaired) electrons. The van der Waals surface area contributed by atoms with Gasteiger partial charge in [0.2, 0.25) is 5.91 Å². The zero-order chi connectivity index (χ0) is 20.9. The number of carbonyl (C=O) groups is 2. The van der Waals surface area contributed by atoms with Gasteiger partial charge in [-0.15, -0.1) is 0 Å². The van der Waals surface area contributed by atoms with Crippen LogP contribution in [-0.4, -0.2) is 64.8 Å². The average Bonchev–Trinajstić information content (AvgIpc) is 3.13. The van der Waals surface area contributed by atoms with Crippen LogP contribution in [0.3, 0.4) is 0 Å². The number of hydrogen-bond donors (Lipinski definition) is 0. The second-order valence-electron chi connectivity index (χ2n) is 10.2. The summed E-state index contributed by atoms with van der Waals surface area (Å²) in [4.78, 5) is 32.8. The summed E-state index contributed by atoms with van der Waals surface area (Å²) in [6.07, 6.45) is 10.5. The van der Waals surface area contributed by atoms with Crippen molar-refractivity contribution in [1.82, 2.24) is 14.7 Å². The lowest BCUT2D eigenvalue weighted by atomic mass is 9.68. The third-order valence-corrected chi connectivity index (χ3v) is 8.47. The van der Waals surface area contributed by atoms with E-state index in [0.29, 0.717) is 37.4 Å². The number of fused-ring (bicyclic) bond motifs is 7. The molecule has 164 valence electrons. The second-order valence-corrected chi connectivity index (χ2v) is 10.2. The fourth-order valence-corrected chi connectivity index (χ4v) is 7.12. The second kappa shape index (κ2) is 7.77. The first-order chi connectivity index (χ1) is 15.2. The molecule has 5 heteroatoms. The minimum Gasteiger partial charge on any atom is -0.336 e. The van der Waals surface area contributed by atoms with E-state index in [1.54, 1.807) is 0 Å². The van der Waals surface area contributed by atoms with Crippen LogP contribution in [-0.2, 0) is 11.3 Å². The molecule has 2 amide bonds. The number of likely N-dealkylation sites (tertiary alicyclic amines) is 1. The number of piperidine rings is 3. The molecule has 3 fully saturated rings. The van der Waals surface area contributed by atoms with Crippen LogP contribution in [0.2, 0.25) is 0 Å². The summed E-state index contributed by atoms with van der Waals surface area (Å²) in [5.74, 6) is 1.59. The maximum absolute atomic E-state index is 13.4. The molecule has 4 heterocycles. The first kappa shape index (κ1) is 19.5. The summed E-state index contributed by atoms with van der Waals surface area (Å²) in [6.45, 7) is 4.43. The lowest BCUT2D eigenvalue weighted by Crippen LogP contribution is -2.60. The molecule has 1 aliphatic carbocycles. The zero-order valence-electron chi connectivity index (χ0n) is 18.3. The summed E-state index contributed by atoms with van der Waals surface area (Å²) in [5.41, 5.74) is 3.42. The highest BCUT2D eigenvalue weighted by Gasteiger charge is 2.46. The van der Waals surface area contributed by atoms with Gasteiger partial charge in [-0.05, 0) is 62.1 Å². The molecular formula is C26H33N3O2. The fourth-order valence-electron chi connectivity index (χ4n) is 7.12. The van der Waals surface area contributed by atoms with Crippen LogP contribution >= 0.6 is 0 Å². The highest BCUT2D eigenvalue weighted by atomic mass is 16.2. The Labute approximate surface area is 185 Å². The molecule has 3 unspecified atom stereocenters. The Hall–Kier alpha value is -2.14. The van der Waals surface area contributed by atoms with Crippen molar-refractivity contribution < 1.29 is 9.59 Å². The Bertz CT molecular complexity index is 925. The summed E-state index contributed by atoms with van der Waals surface area (Å²) in [5, 5.41) is 0. The molecular weight excluding hydrogens is 386 g/mol. The standard InChI is InChI=1S/C26H33N3O2/c30-24(10-13-28-16-19-6-1-2-8-22(19)26(28)31)29-12-5-7-18-14-20-15-21(25(18)29)17-27-11-4-3-9-23(20)27/h1-2,6,8,14,20-21,23,25H,3-5,7,9-13,15-17H2/t20-,21?,23?,25?/m0/s1. The van der Waals surface area contributed by atoms with E-state index >= 15 is 0 Å². The van der Waals surface area contributed by atoms with Crippen LogP contribution in [0.1, 0.15) is 60.9 Å². The van der Waals surface area contributed by atoms with Gasteiger partial charge in [-0.2, -0.15) is 0 Å². The van der Waals surface area contributed by atoms with Crippen molar-refractivity contribution in [2.75, 3.05) is 26.2 Å². The van der Waals surface area contributed by atoms with Crippen LogP contribution in [0.5, 0.6) is 0 Å². The van der Waals surface area contributed by atoms with Crippen LogP contribution in [0, 0.1) is 11.8 Å². The van der Waals surface area contributed by atoms with Gasteiger partial charge >= 0.3 is 0 Å². The quantitative estimate of drug-likeness (QED) is 0.705. The first-order valence-electron chi connectivity index (χ1n) is 12.3. The molecule has 6 rings (SSSR count). The van der Waals surface area contributed by atoms with E-state index in [1.165, 1.54) is 37.8 Å². The maximum atomic E-state index is 13.4. The molecule has 1 aromatic carbocycles. The van der Waals surface area contributed by atoms with Gasteiger partial charge in [0.05, 0.1) is 6.04 Å². The molecule has 5 nitrogen and oxygen atoms in total. The van der Waals surface area contributed by atoms with Gasteiger partial charge in [0.25, 0.3) is 5.91 Å². The smallest absolute Gasteiger partial charge is 0.254 e. The van der Waals surface area contributed by atoms with Crippen LogP contribution in [0.25, 0.3) is 0 Å².